The van der Waals surface area contributed by atoms with Crippen molar-refractivity contribution >= 4 is 102 Å². The molecule has 0 radical (unpaired) electrons. The van der Waals surface area contributed by atoms with Gasteiger partial charge in [0.15, 0.2) is 23.3 Å². The minimum absolute atomic E-state index is 0.260. The van der Waals surface area contributed by atoms with Gasteiger partial charge in [-0.05, 0) is 181 Å². The van der Waals surface area contributed by atoms with Crippen molar-refractivity contribution in [1.29, 1.82) is 0 Å². The average Bonchev–Trinajstić information content (AvgIpc) is 1.55. The molecule has 2 aliphatic heterocycles. The van der Waals surface area contributed by atoms with Gasteiger partial charge in [-0.1, -0.05) is 285 Å². The van der Waals surface area contributed by atoms with E-state index < -0.39 is 21.6 Å². The van der Waals surface area contributed by atoms with E-state index in [-0.39, 0.29) is 5.95 Å². The molecule has 0 bridgehead atoms. The number of aromatic nitrogens is 9. The van der Waals surface area contributed by atoms with Crippen molar-refractivity contribution in [3.63, 3.8) is 0 Å². The second-order valence-corrected chi connectivity index (χ2v) is 34.0. The summed E-state index contributed by atoms with van der Waals surface area (Å²) in [5.41, 5.74) is 22.5. The Morgan fingerprint density at radius 2 is 0.477 bits per heavy atom. The van der Waals surface area contributed by atoms with E-state index >= 15 is 0 Å². The van der Waals surface area contributed by atoms with Crippen LogP contribution in [0, 0.1) is 0 Å². The normalized spacial score (nSPS) is 13.4. The number of hydrogen-bond donors (Lipinski definition) is 0. The molecule has 0 spiro atoms. The third-order valence-corrected chi connectivity index (χ3v) is 26.3. The third kappa shape index (κ3) is 15.2. The lowest BCUT2D eigenvalue weighted by atomic mass is 9.89. The van der Waals surface area contributed by atoms with Gasteiger partial charge in [0.05, 0.1) is 69.6 Å². The fraction of sp³-hybridized carbons (Fsp3) is 0.0180. The Bertz CT molecular complexity index is 7350. The SMILES string of the molecule is O=S1c2ccc(N(c3ccccc3)c3ccccc3)cc2-c2cc(N(c3cc(C4=CC=C(c5cccc(-c6nc(-c7ccccc7)nc(N(c7ccc8c(c7)-c7cc(N(c9ccccc9)c9ccccc9)ccc7S8=O)c7nc(-c8ccccc8)cc(-c8ccccc8)n7)n6)c5)CC4)cc(-c4ccccc4)n3)c3nc(-c4ccccc4)nc(-c4ccccc4)n3)ccc21. The molecule has 2 unspecified atom stereocenters. The highest BCUT2D eigenvalue weighted by Gasteiger charge is 2.34. The van der Waals surface area contributed by atoms with Gasteiger partial charge in [0.2, 0.25) is 17.8 Å². The van der Waals surface area contributed by atoms with E-state index in [1.807, 2.05) is 271 Å². The Kier molecular flexibility index (Phi) is 20.6. The second-order valence-electron chi connectivity index (χ2n) is 31.2. The van der Waals surface area contributed by atoms with Crippen LogP contribution in [-0.2, 0) is 21.6 Å². The van der Waals surface area contributed by atoms with Crippen molar-refractivity contribution in [2.45, 2.75) is 32.4 Å². The number of rotatable bonds is 21. The number of fused-ring (bicyclic) bond motifs is 6. The summed E-state index contributed by atoms with van der Waals surface area (Å²) in [5.74, 6) is 3.27. The topological polar surface area (TPSA) is 163 Å². The molecule has 0 saturated carbocycles. The van der Waals surface area contributed by atoms with Gasteiger partial charge in [0, 0.05) is 95.3 Å². The van der Waals surface area contributed by atoms with Crippen LogP contribution in [0.15, 0.2) is 450 Å². The van der Waals surface area contributed by atoms with Crippen LogP contribution < -0.4 is 19.6 Å². The van der Waals surface area contributed by atoms with E-state index in [2.05, 4.69) is 180 Å². The van der Waals surface area contributed by atoms with Crippen LogP contribution in [0.5, 0.6) is 0 Å². The summed E-state index contributed by atoms with van der Waals surface area (Å²) in [4.78, 5) is 60.3. The first-order valence-electron chi connectivity index (χ1n) is 42.3. The van der Waals surface area contributed by atoms with Gasteiger partial charge in [0.1, 0.15) is 5.82 Å². The zero-order valence-electron chi connectivity index (χ0n) is 68.9. The van der Waals surface area contributed by atoms with Gasteiger partial charge in [0.25, 0.3) is 0 Å². The first kappa shape index (κ1) is 77.6. The van der Waals surface area contributed by atoms with E-state index in [1.165, 1.54) is 0 Å². The van der Waals surface area contributed by atoms with Crippen LogP contribution >= 0.6 is 0 Å². The van der Waals surface area contributed by atoms with Gasteiger partial charge in [-0.25, -0.2) is 38.2 Å². The van der Waals surface area contributed by atoms with Crippen molar-refractivity contribution in [3.05, 3.63) is 442 Å². The van der Waals surface area contributed by atoms with Crippen LogP contribution in [0.4, 0.5) is 69.2 Å². The first-order chi connectivity index (χ1) is 63.2. The zero-order valence-corrected chi connectivity index (χ0v) is 70.5. The molecular weight excluding hydrogens is 1610 g/mol. The number of hydrogen-bond acceptors (Lipinski definition) is 15. The van der Waals surface area contributed by atoms with Gasteiger partial charge in [-0.2, -0.15) is 19.9 Å². The van der Waals surface area contributed by atoms with Gasteiger partial charge in [-0.3, -0.25) is 4.90 Å². The maximum absolute atomic E-state index is 15.0. The van der Waals surface area contributed by atoms with Crippen molar-refractivity contribution < 1.29 is 8.42 Å². The smallest absolute Gasteiger partial charge is 0.241 e. The van der Waals surface area contributed by atoms with Crippen molar-refractivity contribution in [2.75, 3.05) is 19.6 Å². The Morgan fingerprint density at radius 1 is 0.195 bits per heavy atom. The second kappa shape index (κ2) is 34.0. The summed E-state index contributed by atoms with van der Waals surface area (Å²) in [7, 11) is -3.01. The van der Waals surface area contributed by atoms with Crippen LogP contribution in [0.25, 0.3) is 113 Å². The average molecular weight is 1690 g/mol. The number of benzene rings is 15. The Morgan fingerprint density at radius 3 is 0.836 bits per heavy atom. The molecule has 0 fully saturated rings. The molecule has 22 rings (SSSR count). The maximum Gasteiger partial charge on any atom is 0.241 e. The summed E-state index contributed by atoms with van der Waals surface area (Å²) < 4.78 is 29.9. The molecule has 6 heterocycles. The summed E-state index contributed by atoms with van der Waals surface area (Å²) in [5, 5.41) is 0. The third-order valence-electron chi connectivity index (χ3n) is 23.2. The molecule has 19 aromatic rings. The molecule has 15 nitrogen and oxygen atoms in total. The summed E-state index contributed by atoms with van der Waals surface area (Å²) in [6.45, 7) is 0. The van der Waals surface area contributed by atoms with E-state index in [1.54, 1.807) is 0 Å². The van der Waals surface area contributed by atoms with Crippen LogP contribution in [0.3, 0.4) is 0 Å². The van der Waals surface area contributed by atoms with E-state index in [0.29, 0.717) is 91.3 Å². The first-order valence-corrected chi connectivity index (χ1v) is 44.6. The molecule has 128 heavy (non-hydrogen) atoms. The predicted molar refractivity (Wildman–Crippen MR) is 515 cm³/mol. The molecule has 4 aromatic heterocycles. The number of para-hydroxylation sites is 4. The highest BCUT2D eigenvalue weighted by Crippen LogP contribution is 2.51. The number of nitrogens with zero attached hydrogens (tertiary/aromatic N) is 13. The molecule has 0 N–H and O–H groups in total. The number of pyridine rings is 1. The van der Waals surface area contributed by atoms with Gasteiger partial charge >= 0.3 is 0 Å². The molecule has 3 aliphatic rings. The van der Waals surface area contributed by atoms with Crippen LogP contribution in [0.2, 0.25) is 0 Å². The van der Waals surface area contributed by atoms with Crippen molar-refractivity contribution in [1.82, 2.24) is 44.9 Å². The van der Waals surface area contributed by atoms with Crippen molar-refractivity contribution in [3.8, 4) is 102 Å². The van der Waals surface area contributed by atoms with E-state index in [4.69, 9.17) is 44.9 Å². The van der Waals surface area contributed by atoms with E-state index in [0.717, 1.165) is 128 Å². The lowest BCUT2D eigenvalue weighted by Crippen LogP contribution is -2.18. The quantitative estimate of drug-likeness (QED) is 0.0667. The summed E-state index contributed by atoms with van der Waals surface area (Å²) in [6.07, 6.45) is 5.80. The lowest BCUT2D eigenvalue weighted by Gasteiger charge is -2.26. The summed E-state index contributed by atoms with van der Waals surface area (Å²) in [6, 6.07) is 141. The lowest BCUT2D eigenvalue weighted by molar-refractivity contribution is 0.684. The van der Waals surface area contributed by atoms with Crippen LogP contribution in [-0.4, -0.2) is 53.3 Å². The molecule has 2 atom stereocenters. The Hall–Kier alpha value is -16.5. The molecular formula is C111H75N13O2S2. The molecule has 1 aliphatic carbocycles. The molecule has 17 heteroatoms. The number of anilines is 12. The molecule has 608 valence electrons. The van der Waals surface area contributed by atoms with Crippen molar-refractivity contribution in [2.24, 2.45) is 0 Å². The minimum atomic E-state index is -1.51. The molecule has 0 amide bonds. The maximum atomic E-state index is 15.0. The van der Waals surface area contributed by atoms with Gasteiger partial charge < -0.3 is 9.80 Å². The number of allylic oxidation sites excluding steroid dienone is 4. The molecule has 15 aromatic carbocycles. The highest BCUT2D eigenvalue weighted by molar-refractivity contribution is 7.86. The monoisotopic (exact) mass is 1690 g/mol. The Balaban J connectivity index is 0.676. The standard InChI is InChI=1S/C111H75N13O2S2/c125-127-100-62-58-89(121(85-46-23-7-24-47-85)86-48-25-8-26-49-86)69-93(100)95-71-91(60-64-102(95)127)123(110-117-105(79-38-17-4-18-39-79)115-106(118-110)80-40-19-5-20-41-80)104-68-84(67-97(112-104)76-32-11-1-12-33-76)75-56-54-74(55-57-75)82-44-31-45-83(66-82)108-116-107(81-42-21-6-22-43-81)119-111(120-108)124(109-113-98(77-34-13-2-14-35-77)73-99(114-109)78-36-15-3-16-37-78)92-61-65-103-96(72-92)94-70-90(59-63-101(94)128(103)126)122(87-50-27-9-28-51-87)88-52-29-10-30-53-88/h1-54,56,58-73H,55,57H2. The largest absolute Gasteiger partial charge is 0.310 e. The highest BCUT2D eigenvalue weighted by atomic mass is 32.2. The minimum Gasteiger partial charge on any atom is -0.310 e. The van der Waals surface area contributed by atoms with Gasteiger partial charge in [-0.15, -0.1) is 0 Å². The van der Waals surface area contributed by atoms with Crippen LogP contribution in [0.1, 0.15) is 24.0 Å². The fourth-order valence-corrected chi connectivity index (χ4v) is 19.7. The molecule has 0 saturated heterocycles. The Labute approximate surface area is 745 Å². The zero-order chi connectivity index (χ0) is 85.4. The van der Waals surface area contributed by atoms with E-state index in [9.17, 15) is 8.42 Å². The summed E-state index contributed by atoms with van der Waals surface area (Å²) >= 11 is 0. The predicted octanol–water partition coefficient (Wildman–Crippen LogP) is 27.3. The fourth-order valence-electron chi connectivity index (χ4n) is 17.0.